The third-order valence-corrected chi connectivity index (χ3v) is 14.9. The summed E-state index contributed by atoms with van der Waals surface area (Å²) in [4.78, 5) is 0.0547. The molecule has 0 unspecified atom stereocenters. The van der Waals surface area contributed by atoms with Crippen molar-refractivity contribution < 1.29 is 65.1 Å². The second-order valence-electron chi connectivity index (χ2n) is 19.5. The van der Waals surface area contributed by atoms with Crippen molar-refractivity contribution >= 4 is 10.1 Å². The van der Waals surface area contributed by atoms with E-state index in [-0.39, 0.29) is 70.8 Å². The van der Waals surface area contributed by atoms with Gasteiger partial charge in [-0.25, -0.2) is 0 Å². The fourth-order valence-corrected chi connectivity index (χ4v) is 10.3. The number of hydrogen-bond acceptors (Lipinski definition) is 14. The van der Waals surface area contributed by atoms with Crippen LogP contribution >= 0.6 is 0 Å². The van der Waals surface area contributed by atoms with Crippen LogP contribution in [0.4, 0.5) is 0 Å². The monoisotopic (exact) mass is 1090 g/mol. The maximum Gasteiger partial charge on any atom is 0.296 e. The molecule has 1 N–H and O–H groups in total. The summed E-state index contributed by atoms with van der Waals surface area (Å²) in [5.74, 6) is 0. The molecule has 0 bridgehead atoms. The summed E-state index contributed by atoms with van der Waals surface area (Å²) >= 11 is 0. The van der Waals surface area contributed by atoms with Gasteiger partial charge in [-0.15, -0.1) is 0 Å². The Bertz CT molecular complexity index is 2910. The molecule has 2 aliphatic heterocycles. The van der Waals surface area contributed by atoms with E-state index in [0.717, 1.165) is 38.9 Å². The number of aryl methyl sites for hydroxylation is 1. The first-order chi connectivity index (χ1) is 38.8. The van der Waals surface area contributed by atoms with Gasteiger partial charge in [0.2, 0.25) is 0 Å². The average Bonchev–Trinajstić information content (AvgIpc) is 3.58. The summed E-state index contributed by atoms with van der Waals surface area (Å²) in [6.07, 6.45) is -10.4. The largest absolute Gasteiger partial charge is 0.387 e. The fraction of sp³-hybridized carbons (Fsp3) is 0.344. The van der Waals surface area contributed by atoms with Crippen LogP contribution < -0.4 is 0 Å². The van der Waals surface area contributed by atoms with Gasteiger partial charge in [-0.2, -0.15) is 8.42 Å². The number of rotatable bonds is 29. The van der Waals surface area contributed by atoms with Crippen LogP contribution in [0.5, 0.6) is 0 Å². The SMILES string of the molecule is Cc1ccc(S(=O)(=O)OCCCO[C@@H]2O[C@H](COCc3ccccc3)[C@H](O)[C@H](O[C@H]3O[C@H](COCc4ccccc4)[C@H](OCc4ccccc4)[C@H](OCc4ccccc4)[C@H]3OCc3ccccc3)[C@H]2OCc2ccccc2)cc1. The summed E-state index contributed by atoms with van der Waals surface area (Å²) < 4.78 is 99.7. The molecule has 0 radical (unpaired) electrons. The zero-order valence-corrected chi connectivity index (χ0v) is 45.2. The summed E-state index contributed by atoms with van der Waals surface area (Å²) in [5, 5.41) is 12.7. The molecule has 79 heavy (non-hydrogen) atoms. The van der Waals surface area contributed by atoms with E-state index in [1.54, 1.807) is 12.1 Å². The normalized spacial score (nSPS) is 23.3. The number of aliphatic hydroxyl groups is 1. The first kappa shape index (κ1) is 57.7. The molecule has 9 rings (SSSR count). The molecule has 10 atom stereocenters. The van der Waals surface area contributed by atoms with Gasteiger partial charge >= 0.3 is 0 Å². The van der Waals surface area contributed by atoms with Crippen LogP contribution in [0.1, 0.15) is 45.4 Å². The van der Waals surface area contributed by atoms with Crippen molar-refractivity contribution in [2.75, 3.05) is 26.4 Å². The van der Waals surface area contributed by atoms with Crippen LogP contribution in [0.25, 0.3) is 0 Å². The molecule has 2 fully saturated rings. The van der Waals surface area contributed by atoms with Crippen molar-refractivity contribution in [3.8, 4) is 0 Å². The minimum atomic E-state index is -4.04. The highest BCUT2D eigenvalue weighted by atomic mass is 32.2. The Kier molecular flexibility index (Phi) is 21.9. The number of hydrogen-bond donors (Lipinski definition) is 1. The van der Waals surface area contributed by atoms with Gasteiger partial charge in [-0.1, -0.05) is 200 Å². The molecule has 0 spiro atoms. The zero-order chi connectivity index (χ0) is 54.5. The molecule has 0 saturated carbocycles. The predicted molar refractivity (Wildman–Crippen MR) is 295 cm³/mol. The zero-order valence-electron chi connectivity index (χ0n) is 44.3. The molecule has 416 valence electrons. The standard InChI is InChI=1S/C64H70O14S/c1-47-33-35-54(36-34-47)79(66,67)75-38-20-37-70-63-61(73-43-52-29-16-6-17-30-52)59(57(65)55(76-63)45-68-39-48-21-8-2-9-22-48)78-64-62(74-44-53-31-18-7-19-32-53)60(72-42-51-27-14-5-15-28-51)58(71-41-50-25-12-4-13-26-50)56(77-64)46-69-40-49-23-10-3-11-24-49/h2-19,21-36,55-65H,20,37-46H2,1H3/t55-,56-,57+,58+,59+,60+,61-,62-,63-,64-/m1/s1. The van der Waals surface area contributed by atoms with Crippen LogP contribution in [-0.4, -0.2) is 101 Å². The Labute approximate surface area is 464 Å². The third kappa shape index (κ3) is 17.3. The third-order valence-electron chi connectivity index (χ3n) is 13.5. The Morgan fingerprint density at radius 1 is 0.405 bits per heavy atom. The molecule has 15 heteroatoms. The Hall–Kier alpha value is -5.99. The first-order valence-electron chi connectivity index (χ1n) is 26.8. The number of aliphatic hydroxyl groups excluding tert-OH is 1. The van der Waals surface area contributed by atoms with Gasteiger partial charge in [0.05, 0.1) is 71.0 Å². The van der Waals surface area contributed by atoms with Crippen molar-refractivity contribution in [2.45, 2.75) is 119 Å². The highest BCUT2D eigenvalue weighted by Gasteiger charge is 2.54. The lowest BCUT2D eigenvalue weighted by Crippen LogP contribution is -2.66. The van der Waals surface area contributed by atoms with E-state index in [9.17, 15) is 13.5 Å². The van der Waals surface area contributed by atoms with E-state index in [4.69, 9.17) is 51.6 Å². The first-order valence-corrected chi connectivity index (χ1v) is 28.2. The Morgan fingerprint density at radius 3 is 1.24 bits per heavy atom. The van der Waals surface area contributed by atoms with Crippen LogP contribution in [-0.2, 0) is 101 Å². The molecule has 14 nitrogen and oxygen atoms in total. The summed E-state index contributed by atoms with van der Waals surface area (Å²) in [6.45, 7) is 2.88. The van der Waals surface area contributed by atoms with E-state index in [1.807, 2.05) is 189 Å². The highest BCUT2D eigenvalue weighted by molar-refractivity contribution is 7.86. The highest BCUT2D eigenvalue weighted by Crippen LogP contribution is 2.36. The Morgan fingerprint density at radius 2 is 0.785 bits per heavy atom. The topological polar surface area (TPSA) is 156 Å². The molecule has 7 aromatic rings. The van der Waals surface area contributed by atoms with Gasteiger partial charge < -0.3 is 52.5 Å². The van der Waals surface area contributed by atoms with Gasteiger partial charge in [-0.3, -0.25) is 4.18 Å². The van der Waals surface area contributed by atoms with E-state index < -0.39 is 71.5 Å². The van der Waals surface area contributed by atoms with Gasteiger partial charge in [-0.05, 0) is 58.9 Å². The molecular weight excluding hydrogens is 1020 g/mol. The van der Waals surface area contributed by atoms with Crippen molar-refractivity contribution in [1.29, 1.82) is 0 Å². The summed E-state index contributed by atoms with van der Waals surface area (Å²) in [5.41, 5.74) is 6.45. The second kappa shape index (κ2) is 30.0. The second-order valence-corrected chi connectivity index (χ2v) is 21.2. The minimum Gasteiger partial charge on any atom is -0.387 e. The predicted octanol–water partition coefficient (Wildman–Crippen LogP) is 10.1. The van der Waals surface area contributed by atoms with Gasteiger partial charge in [0.15, 0.2) is 12.6 Å². The molecule has 7 aromatic carbocycles. The van der Waals surface area contributed by atoms with E-state index >= 15 is 0 Å². The molecule has 0 aromatic heterocycles. The lowest BCUT2D eigenvalue weighted by atomic mass is 9.96. The van der Waals surface area contributed by atoms with Crippen molar-refractivity contribution in [2.24, 2.45) is 0 Å². The summed E-state index contributed by atoms with van der Waals surface area (Å²) in [7, 11) is -4.04. The van der Waals surface area contributed by atoms with E-state index in [1.165, 1.54) is 12.1 Å². The lowest BCUT2D eigenvalue weighted by Gasteiger charge is -2.49. The number of ether oxygens (including phenoxy) is 10. The fourth-order valence-electron chi connectivity index (χ4n) is 9.34. The smallest absolute Gasteiger partial charge is 0.296 e. The van der Waals surface area contributed by atoms with Gasteiger partial charge in [0.25, 0.3) is 10.1 Å². The van der Waals surface area contributed by atoms with Crippen LogP contribution in [0.15, 0.2) is 211 Å². The average molecular weight is 1100 g/mol. The minimum absolute atomic E-state index is 0.0148. The molecule has 2 heterocycles. The maximum atomic E-state index is 13.1. The van der Waals surface area contributed by atoms with E-state index in [0.29, 0.717) is 6.61 Å². The van der Waals surface area contributed by atoms with Gasteiger partial charge in [0, 0.05) is 0 Å². The molecule has 0 aliphatic carbocycles. The van der Waals surface area contributed by atoms with Crippen molar-refractivity contribution in [3.63, 3.8) is 0 Å². The molecule has 2 aliphatic rings. The molecule has 0 amide bonds. The molecular formula is C64H70O14S. The summed E-state index contributed by atoms with van der Waals surface area (Å²) in [6, 6.07) is 65.2. The lowest BCUT2D eigenvalue weighted by molar-refractivity contribution is -0.375. The Balaban J connectivity index is 1.05. The van der Waals surface area contributed by atoms with Crippen LogP contribution in [0, 0.1) is 6.92 Å². The van der Waals surface area contributed by atoms with Crippen molar-refractivity contribution in [3.05, 3.63) is 245 Å². The molecule has 2 saturated heterocycles. The quantitative estimate of drug-likeness (QED) is 0.0349. The maximum absolute atomic E-state index is 13.1. The van der Waals surface area contributed by atoms with E-state index in [2.05, 4.69) is 0 Å². The van der Waals surface area contributed by atoms with Crippen LogP contribution in [0.2, 0.25) is 0 Å². The van der Waals surface area contributed by atoms with Crippen LogP contribution in [0.3, 0.4) is 0 Å². The number of benzene rings is 7. The van der Waals surface area contributed by atoms with Crippen molar-refractivity contribution in [1.82, 2.24) is 0 Å². The van der Waals surface area contributed by atoms with Gasteiger partial charge in [0.1, 0.15) is 48.8 Å².